The lowest BCUT2D eigenvalue weighted by molar-refractivity contribution is -0.127. The maximum atomic E-state index is 12.0. The molecule has 1 N–H and O–H groups in total. The van der Waals surface area contributed by atoms with Crippen molar-refractivity contribution in [2.24, 2.45) is 5.41 Å². The molecule has 0 heterocycles. The van der Waals surface area contributed by atoms with Crippen LogP contribution in [0, 0.1) is 5.41 Å². The molecule has 0 fully saturated rings. The fraction of sp³-hybridized carbons (Fsp3) is 0.526. The van der Waals surface area contributed by atoms with Crippen LogP contribution in [0.2, 0.25) is 18.6 Å². The summed E-state index contributed by atoms with van der Waals surface area (Å²) in [4.78, 5) is 12.0. The second kappa shape index (κ2) is 7.38. The van der Waals surface area contributed by atoms with Crippen molar-refractivity contribution in [2.75, 3.05) is 0 Å². The maximum Gasteiger partial charge on any atom is 0.141 e. The van der Waals surface area contributed by atoms with Gasteiger partial charge in [0.2, 0.25) is 0 Å². The Morgan fingerprint density at radius 2 is 1.73 bits per heavy atom. The number of ketones is 1. The highest BCUT2D eigenvalue weighted by molar-refractivity contribution is 6.91. The zero-order chi connectivity index (χ0) is 17.0. The van der Waals surface area contributed by atoms with Gasteiger partial charge in [0.25, 0.3) is 0 Å². The van der Waals surface area contributed by atoms with Crippen molar-refractivity contribution in [2.45, 2.75) is 58.9 Å². The van der Waals surface area contributed by atoms with Crippen LogP contribution in [0.1, 0.15) is 34.1 Å². The minimum atomic E-state index is -1.61. The van der Waals surface area contributed by atoms with E-state index in [1.807, 2.05) is 26.8 Å². The molecule has 0 aliphatic heterocycles. The van der Waals surface area contributed by atoms with Crippen molar-refractivity contribution >= 4 is 19.0 Å². The van der Waals surface area contributed by atoms with Crippen LogP contribution in [-0.4, -0.2) is 25.1 Å². The van der Waals surface area contributed by atoms with E-state index in [9.17, 15) is 9.90 Å². The topological polar surface area (TPSA) is 37.3 Å². The van der Waals surface area contributed by atoms with Crippen LogP contribution in [0.25, 0.3) is 0 Å². The van der Waals surface area contributed by atoms with Crippen LogP contribution < -0.4 is 5.19 Å². The number of aliphatic hydroxyl groups excluding tert-OH is 1. The molecule has 0 bridgehead atoms. The first-order valence-electron chi connectivity index (χ1n) is 8.00. The number of Topliss-reactive ketones (excluding diaryl/α,β-unsaturated/α-hetero) is 1. The summed E-state index contributed by atoms with van der Waals surface area (Å²) in [5.41, 5.74) is 0.00711. The number of carbonyl (C=O) groups is 1. The molecular formula is C19H30O2Si. The number of carbonyl (C=O) groups excluding carboxylic acids is 1. The summed E-state index contributed by atoms with van der Waals surface area (Å²) in [7, 11) is -1.61. The SMILES string of the molecule is C[C@@H](/C=C\[C@@H](O)CC(=O)C(C)(C)C)[Si](C)(C)c1ccccc1. The third-order valence-electron chi connectivity index (χ3n) is 4.51. The first kappa shape index (κ1) is 18.9. The molecule has 0 unspecified atom stereocenters. The quantitative estimate of drug-likeness (QED) is 0.638. The molecule has 0 saturated heterocycles. The van der Waals surface area contributed by atoms with Gasteiger partial charge in [-0.2, -0.15) is 0 Å². The summed E-state index contributed by atoms with van der Waals surface area (Å²) in [6, 6.07) is 10.6. The number of allylic oxidation sites excluding steroid dienone is 1. The normalized spacial score (nSPS) is 15.8. The molecule has 1 rings (SSSR count). The lowest BCUT2D eigenvalue weighted by Crippen LogP contribution is -2.44. The van der Waals surface area contributed by atoms with Crippen LogP contribution >= 0.6 is 0 Å². The second-order valence-electron chi connectivity index (χ2n) is 7.71. The van der Waals surface area contributed by atoms with Crippen LogP contribution in [0.3, 0.4) is 0 Å². The van der Waals surface area contributed by atoms with Crippen LogP contribution in [0.15, 0.2) is 42.5 Å². The van der Waals surface area contributed by atoms with Crippen molar-refractivity contribution in [1.29, 1.82) is 0 Å². The van der Waals surface area contributed by atoms with Gasteiger partial charge in [0.05, 0.1) is 14.2 Å². The number of aliphatic hydroxyl groups is 1. The van der Waals surface area contributed by atoms with Gasteiger partial charge in [-0.05, 0) is 5.54 Å². The molecular weight excluding hydrogens is 288 g/mol. The molecule has 2 nitrogen and oxygen atoms in total. The van der Waals surface area contributed by atoms with E-state index in [4.69, 9.17) is 0 Å². The van der Waals surface area contributed by atoms with E-state index in [2.05, 4.69) is 50.4 Å². The van der Waals surface area contributed by atoms with Gasteiger partial charge >= 0.3 is 0 Å². The molecule has 0 amide bonds. The highest BCUT2D eigenvalue weighted by atomic mass is 28.3. The standard InChI is InChI=1S/C19H30O2Si/c1-15(22(5,6)17-10-8-7-9-11-17)12-13-16(20)14-18(21)19(2,3)4/h7-13,15-16,20H,14H2,1-6H3/b13-12-/t15-,16+/m0/s1. The monoisotopic (exact) mass is 318 g/mol. The van der Waals surface area contributed by atoms with Gasteiger partial charge in [0, 0.05) is 11.8 Å². The van der Waals surface area contributed by atoms with E-state index in [0.717, 1.165) is 0 Å². The van der Waals surface area contributed by atoms with Crippen molar-refractivity contribution in [3.05, 3.63) is 42.5 Å². The van der Waals surface area contributed by atoms with Crippen LogP contribution in [-0.2, 0) is 4.79 Å². The average molecular weight is 319 g/mol. The van der Waals surface area contributed by atoms with E-state index in [1.165, 1.54) is 5.19 Å². The molecule has 0 aliphatic rings. The Morgan fingerprint density at radius 3 is 2.23 bits per heavy atom. The predicted octanol–water partition coefficient (Wildman–Crippen LogP) is 3.91. The highest BCUT2D eigenvalue weighted by Gasteiger charge is 2.29. The molecule has 0 radical (unpaired) electrons. The average Bonchev–Trinajstić information content (AvgIpc) is 2.44. The molecule has 3 heteroatoms. The zero-order valence-electron chi connectivity index (χ0n) is 14.8. The molecule has 0 aromatic heterocycles. The smallest absolute Gasteiger partial charge is 0.141 e. The largest absolute Gasteiger partial charge is 0.389 e. The van der Waals surface area contributed by atoms with Crippen molar-refractivity contribution < 1.29 is 9.90 Å². The lowest BCUT2D eigenvalue weighted by Gasteiger charge is -2.28. The molecule has 2 atom stereocenters. The van der Waals surface area contributed by atoms with Gasteiger partial charge in [-0.1, -0.05) is 88.5 Å². The second-order valence-corrected chi connectivity index (χ2v) is 12.6. The summed E-state index contributed by atoms with van der Waals surface area (Å²) < 4.78 is 0. The van der Waals surface area contributed by atoms with E-state index in [-0.39, 0.29) is 12.2 Å². The Hall–Kier alpha value is -1.19. The third-order valence-corrected chi connectivity index (χ3v) is 8.80. The molecule has 0 aliphatic carbocycles. The summed E-state index contributed by atoms with van der Waals surface area (Å²) in [5.74, 6) is 0.0943. The zero-order valence-corrected chi connectivity index (χ0v) is 15.8. The third kappa shape index (κ3) is 5.22. The Balaban J connectivity index is 2.71. The fourth-order valence-corrected chi connectivity index (χ4v) is 4.40. The van der Waals surface area contributed by atoms with E-state index in [1.54, 1.807) is 6.08 Å². The van der Waals surface area contributed by atoms with Gasteiger partial charge in [-0.3, -0.25) is 4.79 Å². The molecule has 1 aromatic rings. The van der Waals surface area contributed by atoms with Gasteiger partial charge in [0.15, 0.2) is 0 Å². The molecule has 122 valence electrons. The minimum Gasteiger partial charge on any atom is -0.389 e. The molecule has 1 aromatic carbocycles. The lowest BCUT2D eigenvalue weighted by atomic mass is 9.87. The summed E-state index contributed by atoms with van der Waals surface area (Å²) in [6.07, 6.45) is 3.39. The number of hydrogen-bond acceptors (Lipinski definition) is 2. The fourth-order valence-electron chi connectivity index (χ4n) is 2.23. The van der Waals surface area contributed by atoms with E-state index in [0.29, 0.717) is 5.54 Å². The molecule has 22 heavy (non-hydrogen) atoms. The number of benzene rings is 1. The number of hydrogen-bond donors (Lipinski definition) is 1. The Labute approximate surface area is 136 Å². The van der Waals surface area contributed by atoms with Crippen LogP contribution in [0.4, 0.5) is 0 Å². The highest BCUT2D eigenvalue weighted by Crippen LogP contribution is 2.24. The number of rotatable bonds is 6. The van der Waals surface area contributed by atoms with Gasteiger partial charge in [0.1, 0.15) is 5.78 Å². The Bertz CT molecular complexity index is 512. The van der Waals surface area contributed by atoms with Gasteiger partial charge in [-0.15, -0.1) is 0 Å². The Morgan fingerprint density at radius 1 is 1.18 bits per heavy atom. The maximum absolute atomic E-state index is 12.0. The van der Waals surface area contributed by atoms with Gasteiger partial charge < -0.3 is 5.11 Å². The Kier molecular flexibility index (Phi) is 6.33. The van der Waals surface area contributed by atoms with Gasteiger partial charge in [-0.25, -0.2) is 0 Å². The first-order chi connectivity index (χ1) is 10.0. The minimum absolute atomic E-state index is 0.0943. The predicted molar refractivity (Wildman–Crippen MR) is 97.2 cm³/mol. The summed E-state index contributed by atoms with van der Waals surface area (Å²) in [5, 5.41) is 11.5. The molecule has 0 spiro atoms. The first-order valence-corrected chi connectivity index (χ1v) is 11.1. The summed E-state index contributed by atoms with van der Waals surface area (Å²) >= 11 is 0. The van der Waals surface area contributed by atoms with E-state index >= 15 is 0 Å². The van der Waals surface area contributed by atoms with Crippen molar-refractivity contribution in [3.63, 3.8) is 0 Å². The van der Waals surface area contributed by atoms with Crippen molar-refractivity contribution in [3.8, 4) is 0 Å². The van der Waals surface area contributed by atoms with E-state index < -0.39 is 19.6 Å². The van der Waals surface area contributed by atoms with Crippen LogP contribution in [0.5, 0.6) is 0 Å². The molecule has 0 saturated carbocycles. The van der Waals surface area contributed by atoms with Crippen molar-refractivity contribution in [1.82, 2.24) is 0 Å². The summed E-state index contributed by atoms with van der Waals surface area (Å²) in [6.45, 7) is 12.5.